The Hall–Kier alpha value is -3.15. The van der Waals surface area contributed by atoms with Gasteiger partial charge in [-0.1, -0.05) is 18.2 Å². The number of carbonyl (C=O) groups is 2. The number of hydrazone groups is 1. The van der Waals surface area contributed by atoms with E-state index in [1.165, 1.54) is 17.5 Å². The number of nitrogens with zero attached hydrogens (tertiary/aromatic N) is 1. The Morgan fingerprint density at radius 3 is 2.53 bits per heavy atom. The number of aryl methyl sites for hydroxylation is 3. The van der Waals surface area contributed by atoms with Gasteiger partial charge in [0.2, 0.25) is 5.91 Å². The molecule has 6 nitrogen and oxygen atoms in total. The second-order valence-electron chi connectivity index (χ2n) is 7.87. The molecule has 2 N–H and O–H groups in total. The molecule has 2 aromatic carbocycles. The van der Waals surface area contributed by atoms with Crippen LogP contribution in [0.25, 0.3) is 0 Å². The summed E-state index contributed by atoms with van der Waals surface area (Å²) in [6.07, 6.45) is 4.52. The maximum absolute atomic E-state index is 12.4. The number of carbonyl (C=O) groups excluding carboxylic acids is 2. The molecule has 0 unspecified atom stereocenters. The van der Waals surface area contributed by atoms with Crippen LogP contribution in [0, 0.1) is 13.8 Å². The lowest BCUT2D eigenvalue weighted by molar-refractivity contribution is -0.123. The number of hydrogen-bond acceptors (Lipinski definition) is 4. The van der Waals surface area contributed by atoms with Gasteiger partial charge in [0.05, 0.1) is 6.42 Å². The summed E-state index contributed by atoms with van der Waals surface area (Å²) in [4.78, 5) is 24.4. The number of hydrogen-bond donors (Lipinski definition) is 2. The minimum absolute atomic E-state index is 0.113. The molecule has 0 saturated heterocycles. The van der Waals surface area contributed by atoms with Crippen molar-refractivity contribution in [2.24, 2.45) is 5.10 Å². The highest BCUT2D eigenvalue weighted by Crippen LogP contribution is 2.27. The molecular weight excluding hydrogens is 378 g/mol. The molecule has 30 heavy (non-hydrogen) atoms. The molecular formula is C24H29N3O3. The Kier molecular flexibility index (Phi) is 7.22. The summed E-state index contributed by atoms with van der Waals surface area (Å²) in [5.74, 6) is 0.135. The van der Waals surface area contributed by atoms with Crippen LogP contribution >= 0.6 is 0 Å². The van der Waals surface area contributed by atoms with E-state index in [0.717, 1.165) is 36.1 Å². The Balaban J connectivity index is 1.47. The summed E-state index contributed by atoms with van der Waals surface area (Å²) in [5, 5.41) is 7.01. The lowest BCUT2D eigenvalue weighted by Crippen LogP contribution is -2.26. The third-order valence-corrected chi connectivity index (χ3v) is 5.02. The fraction of sp³-hybridized carbons (Fsp3) is 0.375. The Morgan fingerprint density at radius 1 is 1.03 bits per heavy atom. The van der Waals surface area contributed by atoms with Crippen LogP contribution in [0.5, 0.6) is 5.75 Å². The summed E-state index contributed by atoms with van der Waals surface area (Å²) < 4.78 is 5.51. The molecule has 0 aliphatic heterocycles. The van der Waals surface area contributed by atoms with E-state index in [1.807, 2.05) is 44.2 Å². The first kappa shape index (κ1) is 21.6. The van der Waals surface area contributed by atoms with E-state index in [2.05, 4.69) is 21.9 Å². The van der Waals surface area contributed by atoms with Crippen LogP contribution in [0.4, 0.5) is 5.69 Å². The first-order valence-corrected chi connectivity index (χ1v) is 10.3. The molecule has 0 bridgehead atoms. The predicted octanol–water partition coefficient (Wildman–Crippen LogP) is 4.08. The van der Waals surface area contributed by atoms with Gasteiger partial charge in [0.15, 0.2) is 6.61 Å². The lowest BCUT2D eigenvalue weighted by Gasteiger charge is -2.19. The van der Waals surface area contributed by atoms with Gasteiger partial charge >= 0.3 is 0 Å². The van der Waals surface area contributed by atoms with E-state index in [-0.39, 0.29) is 24.8 Å². The van der Waals surface area contributed by atoms with Crippen molar-refractivity contribution in [1.82, 2.24) is 5.43 Å². The molecule has 2 aromatic rings. The molecule has 0 spiro atoms. The van der Waals surface area contributed by atoms with Gasteiger partial charge in [-0.05, 0) is 86.9 Å². The highest BCUT2D eigenvalue weighted by Gasteiger charge is 2.15. The summed E-state index contributed by atoms with van der Waals surface area (Å²) in [7, 11) is 0. The highest BCUT2D eigenvalue weighted by molar-refractivity contribution is 6.06. The van der Waals surface area contributed by atoms with Gasteiger partial charge in [-0.2, -0.15) is 5.10 Å². The van der Waals surface area contributed by atoms with Crippen LogP contribution in [0.15, 0.2) is 41.5 Å². The van der Waals surface area contributed by atoms with Gasteiger partial charge in [0.1, 0.15) is 5.75 Å². The number of ether oxygens (including phenoxy) is 1. The Labute approximate surface area is 177 Å². The topological polar surface area (TPSA) is 79.8 Å². The number of fused-ring (bicyclic) bond motifs is 1. The lowest BCUT2D eigenvalue weighted by atomic mass is 9.90. The summed E-state index contributed by atoms with van der Waals surface area (Å²) in [5.41, 5.74) is 8.56. The minimum Gasteiger partial charge on any atom is -0.484 e. The second kappa shape index (κ2) is 10.1. The van der Waals surface area contributed by atoms with Gasteiger partial charge in [-0.15, -0.1) is 0 Å². The van der Waals surface area contributed by atoms with E-state index in [0.29, 0.717) is 11.5 Å². The van der Waals surface area contributed by atoms with Crippen molar-refractivity contribution in [2.75, 3.05) is 11.9 Å². The van der Waals surface area contributed by atoms with Crippen molar-refractivity contribution in [1.29, 1.82) is 0 Å². The molecule has 158 valence electrons. The average molecular weight is 408 g/mol. The first-order valence-electron chi connectivity index (χ1n) is 10.3. The normalized spacial score (nSPS) is 13.4. The maximum Gasteiger partial charge on any atom is 0.277 e. The van der Waals surface area contributed by atoms with E-state index in [4.69, 9.17) is 4.74 Å². The zero-order chi connectivity index (χ0) is 21.5. The quantitative estimate of drug-likeness (QED) is 0.536. The third kappa shape index (κ3) is 6.17. The molecule has 0 atom stereocenters. The van der Waals surface area contributed by atoms with E-state index in [9.17, 15) is 9.59 Å². The van der Waals surface area contributed by atoms with E-state index >= 15 is 0 Å². The monoisotopic (exact) mass is 407 g/mol. The second-order valence-corrected chi connectivity index (χ2v) is 7.87. The van der Waals surface area contributed by atoms with Crippen LogP contribution in [-0.4, -0.2) is 24.1 Å². The predicted molar refractivity (Wildman–Crippen MR) is 119 cm³/mol. The number of rotatable bonds is 7. The van der Waals surface area contributed by atoms with Gasteiger partial charge in [0, 0.05) is 11.4 Å². The van der Waals surface area contributed by atoms with Crippen LogP contribution in [-0.2, 0) is 22.4 Å². The van der Waals surface area contributed by atoms with Crippen LogP contribution in [0.2, 0.25) is 0 Å². The van der Waals surface area contributed by atoms with E-state index in [1.54, 1.807) is 6.92 Å². The smallest absolute Gasteiger partial charge is 0.277 e. The van der Waals surface area contributed by atoms with E-state index < -0.39 is 0 Å². The first-order chi connectivity index (χ1) is 14.4. The third-order valence-electron chi connectivity index (χ3n) is 5.02. The SMILES string of the molecule is CC(CC(=O)Nc1cccc2c1CCCC2)=NNC(=O)COc1cc(C)cc(C)c1. The van der Waals surface area contributed by atoms with Gasteiger partial charge in [-0.3, -0.25) is 9.59 Å². The molecule has 0 heterocycles. The molecule has 3 rings (SSSR count). The molecule has 1 aliphatic carbocycles. The zero-order valence-electron chi connectivity index (χ0n) is 17.9. The average Bonchev–Trinajstić information content (AvgIpc) is 2.70. The minimum atomic E-state index is -0.369. The van der Waals surface area contributed by atoms with Crippen LogP contribution < -0.4 is 15.5 Å². The fourth-order valence-electron chi connectivity index (χ4n) is 3.72. The summed E-state index contributed by atoms with van der Waals surface area (Å²) in [6.45, 7) is 5.53. The molecule has 2 amide bonds. The number of amides is 2. The van der Waals surface area contributed by atoms with Crippen molar-refractivity contribution < 1.29 is 14.3 Å². The van der Waals surface area contributed by atoms with Crippen molar-refractivity contribution in [3.8, 4) is 5.75 Å². The number of benzene rings is 2. The molecule has 0 aromatic heterocycles. The number of nitrogens with one attached hydrogen (secondary N) is 2. The highest BCUT2D eigenvalue weighted by atomic mass is 16.5. The van der Waals surface area contributed by atoms with Crippen molar-refractivity contribution in [2.45, 2.75) is 52.9 Å². The van der Waals surface area contributed by atoms with Gasteiger partial charge in [-0.25, -0.2) is 5.43 Å². The molecule has 0 fully saturated rings. The molecule has 6 heteroatoms. The van der Waals surface area contributed by atoms with Crippen molar-refractivity contribution in [3.05, 3.63) is 58.7 Å². The fourth-order valence-corrected chi connectivity index (χ4v) is 3.72. The Morgan fingerprint density at radius 2 is 1.77 bits per heavy atom. The zero-order valence-corrected chi connectivity index (χ0v) is 17.9. The van der Waals surface area contributed by atoms with Gasteiger partial charge in [0.25, 0.3) is 5.91 Å². The Bertz CT molecular complexity index is 946. The van der Waals surface area contributed by atoms with Crippen LogP contribution in [0.3, 0.4) is 0 Å². The largest absolute Gasteiger partial charge is 0.484 e. The molecule has 0 radical (unpaired) electrons. The summed E-state index contributed by atoms with van der Waals surface area (Å²) in [6, 6.07) is 11.9. The van der Waals surface area contributed by atoms with Crippen molar-refractivity contribution >= 4 is 23.2 Å². The van der Waals surface area contributed by atoms with Crippen molar-refractivity contribution in [3.63, 3.8) is 0 Å². The summed E-state index contributed by atoms with van der Waals surface area (Å²) >= 11 is 0. The maximum atomic E-state index is 12.4. The standard InChI is InChI=1S/C24H29N3O3/c1-16-11-17(2)13-20(12-16)30-15-24(29)27-26-18(3)14-23(28)25-22-10-6-8-19-7-4-5-9-21(19)22/h6,8,10-13H,4-5,7,9,14-15H2,1-3H3,(H,25,28)(H,27,29). The van der Waals surface area contributed by atoms with Crippen LogP contribution in [0.1, 0.15) is 48.4 Å². The van der Waals surface area contributed by atoms with Gasteiger partial charge < -0.3 is 10.1 Å². The number of anilines is 1. The molecule has 1 aliphatic rings. The molecule has 0 saturated carbocycles.